The van der Waals surface area contributed by atoms with E-state index in [1.165, 1.54) is 30.7 Å². The fraction of sp³-hybridized carbons (Fsp3) is 0.433. The van der Waals surface area contributed by atoms with E-state index in [4.69, 9.17) is 9.40 Å². The second kappa shape index (κ2) is 10.8. The number of alkyl halides is 3. The van der Waals surface area contributed by atoms with E-state index in [0.717, 1.165) is 18.4 Å². The van der Waals surface area contributed by atoms with Crippen molar-refractivity contribution in [2.45, 2.75) is 71.0 Å². The highest BCUT2D eigenvalue weighted by molar-refractivity contribution is 5.62. The number of aromatic nitrogens is 5. The molecule has 7 nitrogen and oxygen atoms in total. The van der Waals surface area contributed by atoms with Crippen LogP contribution in [-0.4, -0.2) is 37.9 Å². The Hall–Kier alpha value is -3.80. The van der Waals surface area contributed by atoms with Crippen molar-refractivity contribution in [1.82, 2.24) is 30.5 Å². The monoisotopic (exact) mass is 586 g/mol. The van der Waals surface area contributed by atoms with Crippen molar-refractivity contribution in [2.24, 2.45) is 5.41 Å². The minimum atomic E-state index is -4.36. The molecule has 0 unspecified atom stereocenters. The fourth-order valence-electron chi connectivity index (χ4n) is 5.74. The maximum atomic E-state index is 14.6. The third kappa shape index (κ3) is 5.28. The molecule has 3 aromatic heterocycles. The van der Waals surface area contributed by atoms with Crippen LogP contribution in [0.15, 0.2) is 47.3 Å². The quantitative estimate of drug-likeness (QED) is 0.227. The summed E-state index contributed by atoms with van der Waals surface area (Å²) < 4.78 is 72.8. The summed E-state index contributed by atoms with van der Waals surface area (Å²) in [6, 6.07) is 4.69. The number of hydrogen-bond donors (Lipinski definition) is 1. The molecule has 0 saturated heterocycles. The molecule has 0 saturated carbocycles. The zero-order valence-electron chi connectivity index (χ0n) is 23.9. The van der Waals surface area contributed by atoms with Crippen LogP contribution in [0.2, 0.25) is 0 Å². The molecule has 12 heteroatoms. The van der Waals surface area contributed by atoms with Crippen LogP contribution in [-0.2, 0) is 5.41 Å². The Morgan fingerprint density at radius 1 is 1.05 bits per heavy atom. The zero-order chi connectivity index (χ0) is 30.4. The van der Waals surface area contributed by atoms with Crippen molar-refractivity contribution >= 4 is 0 Å². The molecule has 4 aromatic rings. The van der Waals surface area contributed by atoms with Crippen molar-refractivity contribution in [2.75, 3.05) is 6.54 Å². The summed E-state index contributed by atoms with van der Waals surface area (Å²) in [5.74, 6) is -1.27. The standard InChI is InChI=1S/C30H31F5N6O/c1-6-17-11-28(3,4)29(5,26-18(17)10-21(40-41-26)25-19(31)8-7-9-20(25)32)24-13-36-12-22(38-24)27-39-23(14-42-27)16(2)37-15-30(33,34)35/h7-10,12-14,16-17,37H,6,11,15H2,1-5H3/t16-,17-,29+/m1/s1. The predicted octanol–water partition coefficient (Wildman–Crippen LogP) is 7.31. The van der Waals surface area contributed by atoms with Gasteiger partial charge in [0.05, 0.1) is 52.5 Å². The van der Waals surface area contributed by atoms with Crippen LogP contribution in [0.5, 0.6) is 0 Å². The van der Waals surface area contributed by atoms with Crippen LogP contribution in [0, 0.1) is 17.0 Å². The number of fused-ring (bicyclic) bond motifs is 1. The molecule has 0 bridgehead atoms. The van der Waals surface area contributed by atoms with Crippen LogP contribution in [0.1, 0.15) is 82.1 Å². The van der Waals surface area contributed by atoms with Crippen molar-refractivity contribution in [1.29, 1.82) is 0 Å². The van der Waals surface area contributed by atoms with Gasteiger partial charge in [0.2, 0.25) is 5.89 Å². The van der Waals surface area contributed by atoms with Gasteiger partial charge in [-0.05, 0) is 61.8 Å². The number of rotatable bonds is 7. The van der Waals surface area contributed by atoms with Gasteiger partial charge < -0.3 is 9.73 Å². The van der Waals surface area contributed by atoms with Gasteiger partial charge in [-0.2, -0.15) is 18.3 Å². The summed E-state index contributed by atoms with van der Waals surface area (Å²) in [7, 11) is 0. The largest absolute Gasteiger partial charge is 0.443 e. The average molecular weight is 587 g/mol. The van der Waals surface area contributed by atoms with Gasteiger partial charge in [0.1, 0.15) is 23.6 Å². The SMILES string of the molecule is CC[C@@H]1CC(C)(C)[C@@](C)(c2cncc(-c3nc([C@@H](C)NCC(F)(F)F)co3)n2)c2nnc(-c3c(F)cccc3F)cc21. The van der Waals surface area contributed by atoms with E-state index in [9.17, 15) is 22.0 Å². The Morgan fingerprint density at radius 2 is 1.76 bits per heavy atom. The van der Waals surface area contributed by atoms with Gasteiger partial charge >= 0.3 is 6.18 Å². The zero-order valence-corrected chi connectivity index (χ0v) is 23.9. The van der Waals surface area contributed by atoms with E-state index in [-0.39, 0.29) is 23.1 Å². The van der Waals surface area contributed by atoms with E-state index < -0.39 is 41.2 Å². The summed E-state index contributed by atoms with van der Waals surface area (Å²) >= 11 is 0. The van der Waals surface area contributed by atoms with Gasteiger partial charge in [0.25, 0.3) is 0 Å². The van der Waals surface area contributed by atoms with Crippen molar-refractivity contribution in [3.63, 3.8) is 0 Å². The maximum Gasteiger partial charge on any atom is 0.401 e. The first-order chi connectivity index (χ1) is 19.7. The van der Waals surface area contributed by atoms with Crippen LogP contribution in [0.3, 0.4) is 0 Å². The Bertz CT molecular complexity index is 1580. The Balaban J connectivity index is 1.56. The van der Waals surface area contributed by atoms with Crippen LogP contribution in [0.4, 0.5) is 22.0 Å². The lowest BCUT2D eigenvalue weighted by atomic mass is 9.54. The van der Waals surface area contributed by atoms with Crippen LogP contribution >= 0.6 is 0 Å². The maximum absolute atomic E-state index is 14.6. The topological polar surface area (TPSA) is 89.6 Å². The highest BCUT2D eigenvalue weighted by Crippen LogP contribution is 2.56. The van der Waals surface area contributed by atoms with E-state index in [1.807, 2.05) is 6.92 Å². The van der Waals surface area contributed by atoms with E-state index >= 15 is 0 Å². The predicted molar refractivity (Wildman–Crippen MR) is 145 cm³/mol. The van der Waals surface area contributed by atoms with Crippen LogP contribution in [0.25, 0.3) is 22.8 Å². The molecule has 1 N–H and O–H groups in total. The Labute approximate surface area is 240 Å². The molecule has 1 aliphatic carbocycles. The molecule has 0 aliphatic heterocycles. The summed E-state index contributed by atoms with van der Waals surface area (Å²) in [5.41, 5.74) is 1.29. The van der Waals surface area contributed by atoms with E-state index in [1.54, 1.807) is 19.2 Å². The number of nitrogens with zero attached hydrogens (tertiary/aromatic N) is 5. The molecule has 1 aromatic carbocycles. The normalized spacial score (nSPS) is 20.8. The van der Waals surface area contributed by atoms with Gasteiger partial charge in [-0.15, -0.1) is 5.10 Å². The first kappa shape index (κ1) is 29.7. The summed E-state index contributed by atoms with van der Waals surface area (Å²) in [4.78, 5) is 13.6. The molecular formula is C30H31F5N6O. The highest BCUT2D eigenvalue weighted by Gasteiger charge is 2.52. The highest BCUT2D eigenvalue weighted by atomic mass is 19.4. The molecule has 1 aliphatic rings. The molecule has 3 heterocycles. The summed E-state index contributed by atoms with van der Waals surface area (Å²) in [6.45, 7) is 8.66. The third-order valence-corrected chi connectivity index (χ3v) is 8.50. The Morgan fingerprint density at radius 3 is 2.43 bits per heavy atom. The summed E-state index contributed by atoms with van der Waals surface area (Å²) in [5, 5.41) is 11.2. The van der Waals surface area contributed by atoms with Crippen molar-refractivity contribution in [3.05, 3.63) is 77.2 Å². The molecular weight excluding hydrogens is 555 g/mol. The van der Waals surface area contributed by atoms with E-state index in [2.05, 4.69) is 46.3 Å². The Kier molecular flexibility index (Phi) is 7.63. The second-order valence-corrected chi connectivity index (χ2v) is 11.5. The molecule has 222 valence electrons. The second-order valence-electron chi connectivity index (χ2n) is 11.5. The molecule has 3 atom stereocenters. The number of benzene rings is 1. The molecule has 42 heavy (non-hydrogen) atoms. The van der Waals surface area contributed by atoms with Gasteiger partial charge in [-0.25, -0.2) is 18.7 Å². The molecule has 5 rings (SSSR count). The van der Waals surface area contributed by atoms with Gasteiger partial charge in [0, 0.05) is 6.20 Å². The third-order valence-electron chi connectivity index (χ3n) is 8.50. The average Bonchev–Trinajstić information content (AvgIpc) is 3.44. The molecule has 0 amide bonds. The minimum Gasteiger partial charge on any atom is -0.443 e. The van der Waals surface area contributed by atoms with E-state index in [0.29, 0.717) is 22.8 Å². The van der Waals surface area contributed by atoms with Gasteiger partial charge in [0.15, 0.2) is 0 Å². The lowest BCUT2D eigenvalue weighted by molar-refractivity contribution is -0.126. The van der Waals surface area contributed by atoms with Gasteiger partial charge in [-0.3, -0.25) is 4.98 Å². The van der Waals surface area contributed by atoms with Crippen molar-refractivity contribution < 1.29 is 26.4 Å². The number of hydrogen-bond acceptors (Lipinski definition) is 7. The lowest BCUT2D eigenvalue weighted by Crippen LogP contribution is -2.47. The number of oxazole rings is 1. The molecule has 0 radical (unpaired) electrons. The first-order valence-electron chi connectivity index (χ1n) is 13.7. The number of halogens is 5. The fourth-order valence-corrected chi connectivity index (χ4v) is 5.74. The van der Waals surface area contributed by atoms with Crippen LogP contribution < -0.4 is 5.32 Å². The summed E-state index contributed by atoms with van der Waals surface area (Å²) in [6.07, 6.45) is 1.55. The number of nitrogens with one attached hydrogen (secondary N) is 1. The first-order valence-corrected chi connectivity index (χ1v) is 13.7. The smallest absolute Gasteiger partial charge is 0.401 e. The molecule has 0 fully saturated rings. The minimum absolute atomic E-state index is 0.0586. The van der Waals surface area contributed by atoms with Crippen molar-refractivity contribution in [3.8, 4) is 22.8 Å². The lowest BCUT2D eigenvalue weighted by Gasteiger charge is -2.50. The molecule has 0 spiro atoms. The van der Waals surface area contributed by atoms with Gasteiger partial charge in [-0.1, -0.05) is 26.8 Å².